The summed E-state index contributed by atoms with van der Waals surface area (Å²) in [5.41, 5.74) is 1.75. The molecular weight excluding hydrogens is 749 g/mol. The van der Waals surface area contributed by atoms with Crippen molar-refractivity contribution in [3.63, 3.8) is 0 Å². The van der Waals surface area contributed by atoms with E-state index < -0.39 is 5.41 Å². The fourth-order valence-electron chi connectivity index (χ4n) is 12.1. The first-order valence-electron chi connectivity index (χ1n) is 20.7. The highest BCUT2D eigenvalue weighted by Crippen LogP contribution is 2.72. The quantitative estimate of drug-likeness (QED) is 0.0496. The van der Waals surface area contributed by atoms with Crippen LogP contribution in [0.25, 0.3) is 5.76 Å². The number of allylic oxidation sites excluding steroid dienone is 2. The van der Waals surface area contributed by atoms with Crippen LogP contribution < -0.4 is 0 Å². The molecule has 0 bridgehead atoms. The molecule has 1 N–H and O–H groups in total. The maximum absolute atomic E-state index is 14.0. The first kappa shape index (κ1) is 50.8. The van der Waals surface area contributed by atoms with Crippen LogP contribution in [0.15, 0.2) is 61.4 Å². The second kappa shape index (κ2) is 20.7. The Morgan fingerprint density at radius 1 is 1.02 bits per heavy atom. The minimum absolute atomic E-state index is 0. The van der Waals surface area contributed by atoms with Crippen LogP contribution in [0.3, 0.4) is 0 Å². The highest BCUT2D eigenvalue weighted by molar-refractivity contribution is 6.30. The standard InChI is InChI=1S/C42H58ClN3O5.2C2H4.CH4O.BH/c1-24(2)36-31(48)18-42(19-34(44-9)50-26(4)38-45-21-27(43)22-46-38)17-13-30-28(37(36)42)10-11-33-40(7)16-14-32(51-35(49)20-39(5,6)23-47)25(3)29(40)12-15-41(30,33)8;3*1-2;/h21-25,28-30,32-33H,4,10-20H2,1-3,5-9H3;2*1-2H2;2H,1H3;1H. The van der Waals surface area contributed by atoms with Gasteiger partial charge in [0.1, 0.15) is 12.4 Å². The number of carbonyl (C=O) groups is 3. The molecule has 0 amide bonds. The molecule has 6 rings (SSSR count). The van der Waals surface area contributed by atoms with Gasteiger partial charge in [-0.3, -0.25) is 14.6 Å². The van der Waals surface area contributed by atoms with E-state index in [0.29, 0.717) is 59.0 Å². The third-order valence-corrected chi connectivity index (χ3v) is 14.5. The zero-order chi connectivity index (χ0) is 43.1. The highest BCUT2D eigenvalue weighted by atomic mass is 35.5. The van der Waals surface area contributed by atoms with E-state index in [1.807, 2.05) is 0 Å². The number of rotatable bonds is 9. The number of fused-ring (bicyclic) bond motifs is 7. The zero-order valence-corrected chi connectivity index (χ0v) is 37.8. The van der Waals surface area contributed by atoms with Gasteiger partial charge < -0.3 is 19.4 Å². The maximum Gasteiger partial charge on any atom is 0.307 e. The van der Waals surface area contributed by atoms with Crippen LogP contribution in [0.5, 0.6) is 0 Å². The molecule has 4 saturated carbocycles. The Balaban J connectivity index is 0.00000158. The molecule has 2 radical (unpaired) electrons. The van der Waals surface area contributed by atoms with Gasteiger partial charge in [0.2, 0.25) is 0 Å². The number of aliphatic hydroxyl groups is 1. The smallest absolute Gasteiger partial charge is 0.307 e. The Morgan fingerprint density at radius 3 is 2.16 bits per heavy atom. The molecule has 5 aliphatic rings. The van der Waals surface area contributed by atoms with Crippen LogP contribution in [0, 0.1) is 57.2 Å². The van der Waals surface area contributed by atoms with Crippen molar-refractivity contribution in [2.75, 3.05) is 14.2 Å². The monoisotopic (exact) mass is 820 g/mol. The van der Waals surface area contributed by atoms with Crippen LogP contribution >= 0.6 is 11.6 Å². The van der Waals surface area contributed by atoms with Crippen LogP contribution in [0.2, 0.25) is 5.02 Å². The average molecular weight is 820 g/mol. The van der Waals surface area contributed by atoms with E-state index in [1.165, 1.54) is 18.0 Å². The lowest BCUT2D eigenvalue weighted by atomic mass is 9.38. The van der Waals surface area contributed by atoms with Crippen LogP contribution in [0.4, 0.5) is 0 Å². The Kier molecular flexibility index (Phi) is 18.2. The van der Waals surface area contributed by atoms with Gasteiger partial charge in [-0.25, -0.2) is 9.97 Å². The van der Waals surface area contributed by atoms with E-state index in [0.717, 1.165) is 70.3 Å². The SMILES string of the molecule is C=C.C=C.C=C(OC(CC12CCC3C(CCC4C3(C)CCC3C(C)C(OC(=O)CC(C)(C)C=O)CCC34C)C1=C(C(C)C)C(=O)C2)=NC)c1ncc(Cl)cn1.CO.[BH]. The summed E-state index contributed by atoms with van der Waals surface area (Å²) < 4.78 is 12.4. The fourth-order valence-corrected chi connectivity index (χ4v) is 12.2. The van der Waals surface area contributed by atoms with E-state index in [9.17, 15) is 14.4 Å². The summed E-state index contributed by atoms with van der Waals surface area (Å²) >= 11 is 6.01. The number of esters is 1. The van der Waals surface area contributed by atoms with E-state index >= 15 is 0 Å². The Labute approximate surface area is 356 Å². The number of aromatic nitrogens is 2. The summed E-state index contributed by atoms with van der Waals surface area (Å²) in [5, 5.41) is 7.44. The van der Waals surface area contributed by atoms with Gasteiger partial charge in [0.15, 0.2) is 23.3 Å². The summed E-state index contributed by atoms with van der Waals surface area (Å²) in [6, 6.07) is 0. The van der Waals surface area contributed by atoms with Gasteiger partial charge in [0, 0.05) is 58.6 Å². The third kappa shape index (κ3) is 9.80. The van der Waals surface area contributed by atoms with Crippen LogP contribution in [-0.2, 0) is 23.9 Å². The molecule has 9 unspecified atom stereocenters. The summed E-state index contributed by atoms with van der Waals surface area (Å²) in [4.78, 5) is 51.5. The van der Waals surface area contributed by atoms with Crippen LogP contribution in [0.1, 0.15) is 125 Å². The Hall–Kier alpha value is -3.37. The summed E-state index contributed by atoms with van der Waals surface area (Å²) in [5.74, 6) is 3.62. The third-order valence-electron chi connectivity index (χ3n) is 14.3. The number of Topliss-reactive ketones (excluding diaryl/α,β-unsaturated/α-hetero) is 1. The largest absolute Gasteiger partial charge is 0.462 e. The molecule has 0 spiro atoms. The van der Waals surface area contributed by atoms with Crippen molar-refractivity contribution in [3.05, 3.63) is 67.3 Å². The second-order valence-corrected chi connectivity index (χ2v) is 18.6. The molecule has 0 aliphatic heterocycles. The number of hydrogen-bond acceptors (Lipinski definition) is 9. The molecule has 0 aromatic carbocycles. The molecule has 320 valence electrons. The lowest BCUT2D eigenvalue weighted by Gasteiger charge is -2.67. The highest BCUT2D eigenvalue weighted by Gasteiger charge is 2.65. The average Bonchev–Trinajstić information content (AvgIpc) is 3.50. The van der Waals surface area contributed by atoms with Crippen molar-refractivity contribution in [2.45, 2.75) is 125 Å². The summed E-state index contributed by atoms with van der Waals surface area (Å²) in [6.45, 7) is 31.4. The van der Waals surface area contributed by atoms with E-state index in [4.69, 9.17) is 26.2 Å². The molecule has 4 fully saturated rings. The molecule has 1 heterocycles. The van der Waals surface area contributed by atoms with Crippen molar-refractivity contribution in [1.29, 1.82) is 0 Å². The molecule has 9 atom stereocenters. The molecule has 58 heavy (non-hydrogen) atoms. The van der Waals surface area contributed by atoms with Crippen LogP contribution in [-0.4, -0.2) is 67.7 Å². The first-order chi connectivity index (χ1) is 27.0. The van der Waals surface area contributed by atoms with E-state index in [2.05, 4.69) is 82.5 Å². The van der Waals surface area contributed by atoms with Crippen molar-refractivity contribution >= 4 is 49.7 Å². The number of aldehydes is 1. The van der Waals surface area contributed by atoms with Gasteiger partial charge in [-0.15, -0.1) is 26.3 Å². The second-order valence-electron chi connectivity index (χ2n) is 18.2. The lowest BCUT2D eigenvalue weighted by Crippen LogP contribution is -2.60. The number of halogens is 1. The minimum atomic E-state index is -0.708. The number of carbonyl (C=O) groups excluding carboxylic acids is 3. The topological polar surface area (TPSA) is 128 Å². The maximum atomic E-state index is 14.0. The van der Waals surface area contributed by atoms with E-state index in [1.54, 1.807) is 20.9 Å². The molecule has 5 aliphatic carbocycles. The van der Waals surface area contributed by atoms with Gasteiger partial charge in [0.25, 0.3) is 0 Å². The van der Waals surface area contributed by atoms with Crippen molar-refractivity contribution < 1.29 is 29.0 Å². The lowest BCUT2D eigenvalue weighted by molar-refractivity contribution is -0.191. The number of hydrogen-bond donors (Lipinski definition) is 1. The number of ketones is 1. The van der Waals surface area contributed by atoms with Crippen molar-refractivity contribution in [2.24, 2.45) is 62.2 Å². The Bertz CT molecular complexity index is 1680. The van der Waals surface area contributed by atoms with Crippen molar-refractivity contribution in [1.82, 2.24) is 9.97 Å². The summed E-state index contributed by atoms with van der Waals surface area (Å²) in [6.07, 6.45) is 13.4. The minimum Gasteiger partial charge on any atom is -0.462 e. The number of aliphatic imine (C=N–C) groups is 1. The van der Waals surface area contributed by atoms with Crippen molar-refractivity contribution in [3.8, 4) is 0 Å². The first-order valence-corrected chi connectivity index (χ1v) is 21.0. The van der Waals surface area contributed by atoms with E-state index in [-0.39, 0.29) is 60.8 Å². The number of aliphatic hydroxyl groups excluding tert-OH is 1. The van der Waals surface area contributed by atoms with Gasteiger partial charge in [0.05, 0.1) is 11.4 Å². The van der Waals surface area contributed by atoms with Gasteiger partial charge >= 0.3 is 5.97 Å². The molecule has 11 heteroatoms. The predicted molar refractivity (Wildman–Crippen MR) is 237 cm³/mol. The normalized spacial score (nSPS) is 32.3. The molecule has 0 saturated heterocycles. The number of ether oxygens (including phenoxy) is 2. The molecule has 1 aromatic heterocycles. The molecular formula is C47H71BClN3O6. The molecule has 1 aromatic rings. The van der Waals surface area contributed by atoms with Gasteiger partial charge in [-0.1, -0.05) is 72.2 Å². The molecule has 9 nitrogen and oxygen atoms in total. The Morgan fingerprint density at radius 2 is 1.59 bits per heavy atom. The number of nitrogens with zero attached hydrogens (tertiary/aromatic N) is 3. The van der Waals surface area contributed by atoms with Gasteiger partial charge in [-0.05, 0) is 103 Å². The summed E-state index contributed by atoms with van der Waals surface area (Å²) in [7, 11) is 2.74. The fraction of sp³-hybridized carbons (Fsp3) is 0.660. The predicted octanol–water partition coefficient (Wildman–Crippen LogP) is 9.83. The zero-order valence-electron chi connectivity index (χ0n) is 37.0. The van der Waals surface area contributed by atoms with Gasteiger partial charge in [-0.2, -0.15) is 0 Å².